The first-order valence-electron chi connectivity index (χ1n) is 8.41. The van der Waals surface area contributed by atoms with E-state index in [9.17, 15) is 18.0 Å². The first-order chi connectivity index (χ1) is 12.2. The van der Waals surface area contributed by atoms with Crippen LogP contribution in [0.5, 0.6) is 5.75 Å². The largest absolute Gasteiger partial charge is 0.573 e. The molecule has 3 N–H and O–H groups in total. The van der Waals surface area contributed by atoms with Crippen molar-refractivity contribution in [3.63, 3.8) is 0 Å². The summed E-state index contributed by atoms with van der Waals surface area (Å²) >= 11 is 5.07. The predicted octanol–water partition coefficient (Wildman–Crippen LogP) is 3.91. The van der Waals surface area contributed by atoms with Crippen molar-refractivity contribution >= 4 is 23.2 Å². The third-order valence-electron chi connectivity index (χ3n) is 3.55. The second kappa shape index (κ2) is 10.8. The van der Waals surface area contributed by atoms with Gasteiger partial charge in [0.2, 0.25) is 0 Å². The average Bonchev–Trinajstić information content (AvgIpc) is 2.57. The molecule has 0 unspecified atom stereocenters. The van der Waals surface area contributed by atoms with Crippen molar-refractivity contribution in [3.05, 3.63) is 29.8 Å². The van der Waals surface area contributed by atoms with Gasteiger partial charge in [0, 0.05) is 12.1 Å². The number of alkyl halides is 3. The minimum atomic E-state index is -4.77. The molecule has 0 saturated carbocycles. The molecule has 0 aliphatic rings. The zero-order valence-corrected chi connectivity index (χ0v) is 15.6. The maximum absolute atomic E-state index is 12.1. The van der Waals surface area contributed by atoms with Crippen LogP contribution >= 0.6 is 12.2 Å². The van der Waals surface area contributed by atoms with Gasteiger partial charge < -0.3 is 10.1 Å². The number of ether oxygens (including phenoxy) is 1. The summed E-state index contributed by atoms with van der Waals surface area (Å²) in [5.74, 6) is -0.460. The fourth-order valence-electron chi connectivity index (χ4n) is 2.15. The lowest BCUT2D eigenvalue weighted by Crippen LogP contribution is -2.47. The van der Waals surface area contributed by atoms with Crippen molar-refractivity contribution < 1.29 is 22.7 Å². The van der Waals surface area contributed by atoms with Crippen LogP contribution in [0, 0.1) is 5.92 Å². The molecule has 0 bridgehead atoms. The molecule has 9 heteroatoms. The Morgan fingerprint density at radius 3 is 2.42 bits per heavy atom. The number of amides is 1. The van der Waals surface area contributed by atoms with Gasteiger partial charge in [0.15, 0.2) is 5.11 Å². The van der Waals surface area contributed by atoms with E-state index in [1.54, 1.807) is 0 Å². The number of thiocarbonyl (C=S) groups is 1. The number of hydrogen-bond donors (Lipinski definition) is 3. The number of carbonyl (C=O) groups is 1. The Labute approximate surface area is 156 Å². The number of halogens is 3. The Morgan fingerprint density at radius 1 is 1.19 bits per heavy atom. The molecule has 146 valence electrons. The highest BCUT2D eigenvalue weighted by molar-refractivity contribution is 7.80. The van der Waals surface area contributed by atoms with Crippen LogP contribution in [-0.2, 0) is 0 Å². The summed E-state index contributed by atoms with van der Waals surface area (Å²) in [6.45, 7) is 4.96. The minimum Gasteiger partial charge on any atom is -0.406 e. The topological polar surface area (TPSA) is 62.4 Å². The van der Waals surface area contributed by atoms with Crippen LogP contribution < -0.4 is 20.9 Å². The SMILES string of the molecule is CCCCC[C@@H](C)CNC(=S)NNC(=O)c1ccc(OC(F)(F)F)cc1. The van der Waals surface area contributed by atoms with Crippen LogP contribution in [0.1, 0.15) is 49.9 Å². The van der Waals surface area contributed by atoms with Crippen LogP contribution in [0.2, 0.25) is 0 Å². The van der Waals surface area contributed by atoms with Crippen molar-refractivity contribution in [1.29, 1.82) is 0 Å². The molecule has 26 heavy (non-hydrogen) atoms. The summed E-state index contributed by atoms with van der Waals surface area (Å²) < 4.78 is 40.0. The molecule has 0 radical (unpaired) electrons. The molecule has 0 aliphatic heterocycles. The van der Waals surface area contributed by atoms with Gasteiger partial charge in [-0.05, 0) is 48.8 Å². The normalized spacial score (nSPS) is 12.2. The van der Waals surface area contributed by atoms with E-state index in [2.05, 4.69) is 34.8 Å². The number of nitrogens with one attached hydrogen (secondary N) is 3. The summed E-state index contributed by atoms with van der Waals surface area (Å²) in [6, 6.07) is 4.59. The van der Waals surface area contributed by atoms with Gasteiger partial charge in [-0.15, -0.1) is 13.2 Å². The number of benzene rings is 1. The minimum absolute atomic E-state index is 0.169. The lowest BCUT2D eigenvalue weighted by Gasteiger charge is -2.15. The average molecular weight is 391 g/mol. The number of hydrazine groups is 1. The van der Waals surface area contributed by atoms with E-state index in [1.165, 1.54) is 31.4 Å². The summed E-state index contributed by atoms with van der Waals surface area (Å²) in [5, 5.41) is 3.29. The lowest BCUT2D eigenvalue weighted by atomic mass is 10.0. The molecule has 0 aromatic heterocycles. The second-order valence-corrected chi connectivity index (χ2v) is 6.37. The molecule has 0 heterocycles. The van der Waals surface area contributed by atoms with E-state index in [1.807, 2.05) is 0 Å². The summed E-state index contributed by atoms with van der Waals surface area (Å²) in [5.41, 5.74) is 5.12. The summed E-state index contributed by atoms with van der Waals surface area (Å²) in [4.78, 5) is 11.9. The van der Waals surface area contributed by atoms with E-state index >= 15 is 0 Å². The van der Waals surface area contributed by atoms with Crippen LogP contribution in [-0.4, -0.2) is 23.9 Å². The molecule has 0 saturated heterocycles. The van der Waals surface area contributed by atoms with Crippen molar-refractivity contribution in [3.8, 4) is 5.75 Å². The smallest absolute Gasteiger partial charge is 0.406 e. The predicted molar refractivity (Wildman–Crippen MR) is 97.6 cm³/mol. The number of hydrogen-bond acceptors (Lipinski definition) is 3. The summed E-state index contributed by atoms with van der Waals surface area (Å²) in [6.07, 6.45) is -0.116. The highest BCUT2D eigenvalue weighted by Crippen LogP contribution is 2.22. The standard InChI is InChI=1S/C17H24F3N3O2S/c1-3-4-5-6-12(2)11-21-16(26)23-22-15(24)13-7-9-14(10-8-13)25-17(18,19)20/h7-10,12H,3-6,11H2,1-2H3,(H,22,24)(H2,21,23,26)/t12-/m1/s1. The Balaban J connectivity index is 2.33. The quantitative estimate of drug-likeness (QED) is 0.356. The third-order valence-corrected chi connectivity index (χ3v) is 3.80. The van der Waals surface area contributed by atoms with Crippen LogP contribution in [0.4, 0.5) is 13.2 Å². The zero-order valence-electron chi connectivity index (χ0n) is 14.8. The number of unbranched alkanes of at least 4 members (excludes halogenated alkanes) is 2. The van der Waals surface area contributed by atoms with Gasteiger partial charge in [0.25, 0.3) is 5.91 Å². The van der Waals surface area contributed by atoms with E-state index in [0.29, 0.717) is 12.5 Å². The first kappa shape index (κ1) is 22.0. The number of rotatable bonds is 8. The molecule has 0 fully saturated rings. The molecule has 1 amide bonds. The first-order valence-corrected chi connectivity index (χ1v) is 8.82. The molecule has 1 atom stereocenters. The monoisotopic (exact) mass is 391 g/mol. The fraction of sp³-hybridized carbons (Fsp3) is 0.529. The highest BCUT2D eigenvalue weighted by Gasteiger charge is 2.31. The Kier molecular flexibility index (Phi) is 9.18. The molecular formula is C17H24F3N3O2S. The maximum atomic E-state index is 12.1. The van der Waals surface area contributed by atoms with Crippen molar-refractivity contribution in [2.24, 2.45) is 5.92 Å². The highest BCUT2D eigenvalue weighted by atomic mass is 32.1. The Morgan fingerprint density at radius 2 is 1.85 bits per heavy atom. The third kappa shape index (κ3) is 9.45. The Hall–Kier alpha value is -2.03. The zero-order chi connectivity index (χ0) is 19.6. The summed E-state index contributed by atoms with van der Waals surface area (Å²) in [7, 11) is 0. The van der Waals surface area contributed by atoms with Gasteiger partial charge >= 0.3 is 6.36 Å². The molecule has 1 rings (SSSR count). The fourth-order valence-corrected chi connectivity index (χ4v) is 2.28. The molecule has 1 aromatic carbocycles. The van der Waals surface area contributed by atoms with Gasteiger partial charge in [-0.2, -0.15) is 0 Å². The second-order valence-electron chi connectivity index (χ2n) is 5.96. The van der Waals surface area contributed by atoms with Crippen LogP contribution in [0.15, 0.2) is 24.3 Å². The van der Waals surface area contributed by atoms with Crippen LogP contribution in [0.25, 0.3) is 0 Å². The molecule has 0 spiro atoms. The molecule has 0 aliphatic carbocycles. The van der Waals surface area contributed by atoms with E-state index < -0.39 is 18.0 Å². The number of carbonyl (C=O) groups excluding carboxylic acids is 1. The van der Waals surface area contributed by atoms with E-state index in [4.69, 9.17) is 12.2 Å². The van der Waals surface area contributed by atoms with Gasteiger partial charge in [0.05, 0.1) is 0 Å². The molecule has 5 nitrogen and oxygen atoms in total. The van der Waals surface area contributed by atoms with Gasteiger partial charge in [0.1, 0.15) is 5.75 Å². The Bertz CT molecular complexity index is 580. The molecule has 1 aromatic rings. The van der Waals surface area contributed by atoms with Crippen LogP contribution in [0.3, 0.4) is 0 Å². The van der Waals surface area contributed by atoms with Gasteiger partial charge in [-0.25, -0.2) is 0 Å². The van der Waals surface area contributed by atoms with Gasteiger partial charge in [-0.1, -0.05) is 33.1 Å². The van der Waals surface area contributed by atoms with E-state index in [-0.39, 0.29) is 10.7 Å². The van der Waals surface area contributed by atoms with Crippen molar-refractivity contribution in [1.82, 2.24) is 16.2 Å². The van der Waals surface area contributed by atoms with Crippen molar-refractivity contribution in [2.75, 3.05) is 6.54 Å². The lowest BCUT2D eigenvalue weighted by molar-refractivity contribution is -0.274. The maximum Gasteiger partial charge on any atom is 0.573 e. The van der Waals surface area contributed by atoms with E-state index in [0.717, 1.165) is 18.6 Å². The van der Waals surface area contributed by atoms with Gasteiger partial charge in [-0.3, -0.25) is 15.6 Å². The van der Waals surface area contributed by atoms with Crippen molar-refractivity contribution in [2.45, 2.75) is 45.9 Å². The molecular weight excluding hydrogens is 367 g/mol.